The summed E-state index contributed by atoms with van der Waals surface area (Å²) in [5.74, 6) is 0.795. The number of fused-ring (bicyclic) bond motifs is 1. The molecule has 0 atom stereocenters. The zero-order chi connectivity index (χ0) is 15.7. The molecular formula is C17H16N3O2. The van der Waals surface area contributed by atoms with Gasteiger partial charge in [-0.2, -0.15) is 9.78 Å². The van der Waals surface area contributed by atoms with E-state index in [1.807, 2.05) is 38.1 Å². The Morgan fingerprint density at radius 2 is 2.00 bits per heavy atom. The standard InChI is InChI=1S/C17H16N3O2/c1-11(2)22-13-9-7-12(8-10-13)16-14-5-3-4-6-15(14)20(19-16)17(18)21/h4-11H,1-2H3,(H2,18,21). The maximum absolute atomic E-state index is 11.5. The molecule has 1 heterocycles. The van der Waals surface area contributed by atoms with E-state index in [4.69, 9.17) is 10.5 Å². The minimum atomic E-state index is -0.609. The number of rotatable bonds is 3. The van der Waals surface area contributed by atoms with Gasteiger partial charge in [-0.3, -0.25) is 0 Å². The topological polar surface area (TPSA) is 70.1 Å². The van der Waals surface area contributed by atoms with Gasteiger partial charge in [0.2, 0.25) is 0 Å². The molecule has 2 N–H and O–H groups in total. The van der Waals surface area contributed by atoms with Crippen LogP contribution in [0.4, 0.5) is 4.79 Å². The second-order valence-corrected chi connectivity index (χ2v) is 5.23. The Hall–Kier alpha value is -2.82. The van der Waals surface area contributed by atoms with Crippen LogP contribution in [0.2, 0.25) is 0 Å². The van der Waals surface area contributed by atoms with Crippen LogP contribution in [-0.4, -0.2) is 21.9 Å². The zero-order valence-corrected chi connectivity index (χ0v) is 12.4. The van der Waals surface area contributed by atoms with Crippen molar-refractivity contribution in [1.82, 2.24) is 9.78 Å². The molecular weight excluding hydrogens is 278 g/mol. The maximum Gasteiger partial charge on any atom is 0.340 e. The minimum absolute atomic E-state index is 0.121. The summed E-state index contributed by atoms with van der Waals surface area (Å²) in [6, 6.07) is 15.3. The van der Waals surface area contributed by atoms with Crippen LogP contribution in [0.1, 0.15) is 13.8 Å². The van der Waals surface area contributed by atoms with Crippen LogP contribution in [0.3, 0.4) is 0 Å². The quantitative estimate of drug-likeness (QED) is 0.806. The summed E-state index contributed by atoms with van der Waals surface area (Å²) >= 11 is 0. The highest BCUT2D eigenvalue weighted by atomic mass is 16.5. The molecule has 0 aliphatic carbocycles. The van der Waals surface area contributed by atoms with E-state index in [9.17, 15) is 4.79 Å². The number of amides is 1. The Bertz CT molecular complexity index is 820. The van der Waals surface area contributed by atoms with E-state index in [0.717, 1.165) is 16.7 Å². The van der Waals surface area contributed by atoms with Gasteiger partial charge >= 0.3 is 6.03 Å². The van der Waals surface area contributed by atoms with Gasteiger partial charge in [0.1, 0.15) is 11.4 Å². The molecule has 3 aromatic rings. The molecule has 1 amide bonds. The number of hydrogen-bond donors (Lipinski definition) is 1. The number of nitrogens with zero attached hydrogens (tertiary/aromatic N) is 2. The molecule has 0 saturated heterocycles. The summed E-state index contributed by atoms with van der Waals surface area (Å²) in [7, 11) is 0. The fraction of sp³-hybridized carbons (Fsp3) is 0.176. The molecule has 0 spiro atoms. The third kappa shape index (κ3) is 2.53. The van der Waals surface area contributed by atoms with Gasteiger partial charge in [0, 0.05) is 10.9 Å². The van der Waals surface area contributed by atoms with E-state index in [1.165, 1.54) is 4.68 Å². The van der Waals surface area contributed by atoms with Crippen LogP contribution >= 0.6 is 0 Å². The van der Waals surface area contributed by atoms with Gasteiger partial charge in [-0.05, 0) is 56.3 Å². The van der Waals surface area contributed by atoms with Crippen molar-refractivity contribution < 1.29 is 9.53 Å². The highest BCUT2D eigenvalue weighted by Crippen LogP contribution is 2.29. The Morgan fingerprint density at radius 3 is 2.64 bits per heavy atom. The summed E-state index contributed by atoms with van der Waals surface area (Å²) in [6.45, 7) is 3.96. The molecule has 22 heavy (non-hydrogen) atoms. The van der Waals surface area contributed by atoms with E-state index in [2.05, 4.69) is 11.2 Å². The van der Waals surface area contributed by atoms with Crippen LogP contribution in [0.5, 0.6) is 5.75 Å². The highest BCUT2D eigenvalue weighted by molar-refractivity contribution is 5.98. The van der Waals surface area contributed by atoms with Gasteiger partial charge in [-0.15, -0.1) is 0 Å². The number of primary amides is 1. The first-order valence-electron chi connectivity index (χ1n) is 7.02. The average Bonchev–Trinajstić information content (AvgIpc) is 2.87. The normalized spacial score (nSPS) is 11.0. The molecule has 2 aromatic carbocycles. The summed E-state index contributed by atoms with van der Waals surface area (Å²) in [5, 5.41) is 5.16. The number of benzene rings is 2. The van der Waals surface area contributed by atoms with E-state index in [0.29, 0.717) is 11.2 Å². The molecule has 0 fully saturated rings. The van der Waals surface area contributed by atoms with Crippen molar-refractivity contribution in [3.63, 3.8) is 0 Å². The Labute approximate surface area is 128 Å². The largest absolute Gasteiger partial charge is 0.491 e. The van der Waals surface area contributed by atoms with Crippen molar-refractivity contribution >= 4 is 16.9 Å². The average molecular weight is 294 g/mol. The molecule has 1 aromatic heterocycles. The number of nitrogens with two attached hydrogens (primary N) is 1. The summed E-state index contributed by atoms with van der Waals surface area (Å²) in [5.41, 5.74) is 7.64. The SMILES string of the molecule is CC(C)Oc1ccc(-c2nn(C(N)=O)c3cc[c]cc23)cc1. The predicted molar refractivity (Wildman–Crippen MR) is 84.8 cm³/mol. The smallest absolute Gasteiger partial charge is 0.340 e. The van der Waals surface area contributed by atoms with Crippen molar-refractivity contribution in [3.05, 3.63) is 48.5 Å². The van der Waals surface area contributed by atoms with Crippen molar-refractivity contribution in [3.8, 4) is 17.0 Å². The third-order valence-electron chi connectivity index (χ3n) is 3.23. The first-order valence-corrected chi connectivity index (χ1v) is 7.02. The number of aromatic nitrogens is 2. The van der Waals surface area contributed by atoms with Gasteiger partial charge in [0.25, 0.3) is 0 Å². The van der Waals surface area contributed by atoms with E-state index < -0.39 is 6.03 Å². The van der Waals surface area contributed by atoms with Crippen LogP contribution < -0.4 is 10.5 Å². The zero-order valence-electron chi connectivity index (χ0n) is 12.4. The van der Waals surface area contributed by atoms with Crippen LogP contribution in [0.15, 0.2) is 42.5 Å². The van der Waals surface area contributed by atoms with Crippen LogP contribution in [-0.2, 0) is 0 Å². The molecule has 0 unspecified atom stereocenters. The lowest BCUT2D eigenvalue weighted by Crippen LogP contribution is -2.20. The molecule has 0 aliphatic heterocycles. The minimum Gasteiger partial charge on any atom is -0.491 e. The predicted octanol–water partition coefficient (Wildman–Crippen LogP) is 3.22. The number of hydrogen-bond acceptors (Lipinski definition) is 3. The summed E-state index contributed by atoms with van der Waals surface area (Å²) in [6.07, 6.45) is 0.121. The second-order valence-electron chi connectivity index (χ2n) is 5.23. The van der Waals surface area contributed by atoms with Crippen molar-refractivity contribution in [2.45, 2.75) is 20.0 Å². The highest BCUT2D eigenvalue weighted by Gasteiger charge is 2.14. The van der Waals surface area contributed by atoms with Crippen molar-refractivity contribution in [1.29, 1.82) is 0 Å². The number of carbonyl (C=O) groups is 1. The van der Waals surface area contributed by atoms with Gasteiger partial charge in [0.15, 0.2) is 0 Å². The molecule has 111 valence electrons. The first kappa shape index (κ1) is 14.1. The fourth-order valence-corrected chi connectivity index (χ4v) is 2.35. The number of carbonyl (C=O) groups excluding carboxylic acids is 1. The van der Waals surface area contributed by atoms with E-state index in [1.54, 1.807) is 18.2 Å². The van der Waals surface area contributed by atoms with Gasteiger partial charge in [-0.25, -0.2) is 4.79 Å². The monoisotopic (exact) mass is 294 g/mol. The number of ether oxygens (including phenoxy) is 1. The third-order valence-corrected chi connectivity index (χ3v) is 3.23. The Morgan fingerprint density at radius 1 is 1.27 bits per heavy atom. The molecule has 0 aliphatic rings. The molecule has 5 heteroatoms. The lowest BCUT2D eigenvalue weighted by Gasteiger charge is -2.09. The molecule has 0 saturated carbocycles. The molecule has 3 rings (SSSR count). The lowest BCUT2D eigenvalue weighted by molar-refractivity contribution is 0.242. The molecule has 1 radical (unpaired) electrons. The van der Waals surface area contributed by atoms with Crippen LogP contribution in [0.25, 0.3) is 22.2 Å². The first-order chi connectivity index (χ1) is 10.6. The van der Waals surface area contributed by atoms with Crippen molar-refractivity contribution in [2.24, 2.45) is 5.73 Å². The second kappa shape index (κ2) is 5.52. The molecule has 0 bridgehead atoms. The lowest BCUT2D eigenvalue weighted by atomic mass is 10.1. The Balaban J connectivity index is 2.08. The van der Waals surface area contributed by atoms with E-state index in [-0.39, 0.29) is 6.10 Å². The molecule has 5 nitrogen and oxygen atoms in total. The summed E-state index contributed by atoms with van der Waals surface area (Å²) < 4.78 is 6.84. The summed E-state index contributed by atoms with van der Waals surface area (Å²) in [4.78, 5) is 11.5. The fourth-order valence-electron chi connectivity index (χ4n) is 2.35. The van der Waals surface area contributed by atoms with Gasteiger partial charge < -0.3 is 10.5 Å². The Kier molecular flexibility index (Phi) is 3.55. The maximum atomic E-state index is 11.5. The van der Waals surface area contributed by atoms with Crippen molar-refractivity contribution in [2.75, 3.05) is 0 Å². The van der Waals surface area contributed by atoms with Crippen LogP contribution in [0, 0.1) is 6.07 Å². The van der Waals surface area contributed by atoms with Gasteiger partial charge in [-0.1, -0.05) is 6.07 Å². The van der Waals surface area contributed by atoms with Gasteiger partial charge in [0.05, 0.1) is 11.6 Å². The van der Waals surface area contributed by atoms with E-state index >= 15 is 0 Å².